The molecule has 0 aliphatic heterocycles. The van der Waals surface area contributed by atoms with E-state index in [1.54, 1.807) is 12.4 Å². The molecule has 0 saturated heterocycles. The second-order valence-corrected chi connectivity index (χ2v) is 9.55. The van der Waals surface area contributed by atoms with Crippen LogP contribution in [0.5, 0.6) is 0 Å². The van der Waals surface area contributed by atoms with Crippen LogP contribution in [0, 0.1) is 22.8 Å². The second kappa shape index (κ2) is 8.18. The minimum absolute atomic E-state index is 0.458. The van der Waals surface area contributed by atoms with Crippen LogP contribution in [0.25, 0.3) is 49.7 Å². The molecule has 37 heavy (non-hydrogen) atoms. The standard InChI is InChI=1S/C29H22N8/c1-29(2,16-30)26-9-7-21(14-34-26)37-27-22-12-19(20-5-4-18-10-11-32-24(18)13-20)6-8-23(22)33-15-25(27)36(3)28(37)35-17-31/h4-15,32H,1-3H3/b35-28-. The minimum atomic E-state index is -0.715. The summed E-state index contributed by atoms with van der Waals surface area (Å²) in [6.07, 6.45) is 7.40. The van der Waals surface area contributed by atoms with Gasteiger partial charge in [0.2, 0.25) is 11.8 Å². The highest BCUT2D eigenvalue weighted by Gasteiger charge is 2.22. The van der Waals surface area contributed by atoms with Crippen LogP contribution in [-0.2, 0) is 12.5 Å². The number of benzene rings is 2. The van der Waals surface area contributed by atoms with Crippen LogP contribution in [0.2, 0.25) is 0 Å². The first-order chi connectivity index (χ1) is 17.9. The van der Waals surface area contributed by atoms with Crippen LogP contribution in [-0.4, -0.2) is 24.1 Å². The maximum atomic E-state index is 9.52. The highest BCUT2D eigenvalue weighted by atomic mass is 15.2. The van der Waals surface area contributed by atoms with E-state index < -0.39 is 5.41 Å². The van der Waals surface area contributed by atoms with Gasteiger partial charge in [-0.1, -0.05) is 18.2 Å². The van der Waals surface area contributed by atoms with Crippen molar-refractivity contribution in [3.05, 3.63) is 84.5 Å². The van der Waals surface area contributed by atoms with Crippen molar-refractivity contribution in [2.75, 3.05) is 0 Å². The lowest BCUT2D eigenvalue weighted by Gasteiger charge is -2.15. The third-order valence-corrected chi connectivity index (χ3v) is 6.87. The average molecular weight is 483 g/mol. The van der Waals surface area contributed by atoms with Crippen LogP contribution >= 0.6 is 0 Å². The van der Waals surface area contributed by atoms with E-state index in [2.05, 4.69) is 57.4 Å². The lowest BCUT2D eigenvalue weighted by Crippen LogP contribution is -2.23. The van der Waals surface area contributed by atoms with Gasteiger partial charge in [0.25, 0.3) is 0 Å². The van der Waals surface area contributed by atoms with E-state index in [-0.39, 0.29) is 0 Å². The third-order valence-electron chi connectivity index (χ3n) is 6.87. The predicted molar refractivity (Wildman–Crippen MR) is 142 cm³/mol. The number of hydrogen-bond acceptors (Lipinski definition) is 5. The third kappa shape index (κ3) is 3.47. The fourth-order valence-electron chi connectivity index (χ4n) is 4.77. The number of H-pyrrole nitrogens is 1. The van der Waals surface area contributed by atoms with Crippen LogP contribution < -0.4 is 5.62 Å². The molecule has 0 radical (unpaired) electrons. The Bertz CT molecular complexity index is 1990. The number of pyridine rings is 2. The van der Waals surface area contributed by atoms with E-state index in [1.807, 2.05) is 60.6 Å². The fourth-order valence-corrected chi connectivity index (χ4v) is 4.77. The number of fused-ring (bicyclic) bond motifs is 4. The number of nitrogens with zero attached hydrogens (tertiary/aromatic N) is 7. The molecule has 0 unspecified atom stereocenters. The minimum Gasteiger partial charge on any atom is -0.361 e. The second-order valence-electron chi connectivity index (χ2n) is 9.55. The van der Waals surface area contributed by atoms with Gasteiger partial charge in [0.15, 0.2) is 0 Å². The van der Waals surface area contributed by atoms with Crippen molar-refractivity contribution in [3.8, 4) is 29.1 Å². The van der Waals surface area contributed by atoms with Gasteiger partial charge in [0, 0.05) is 24.1 Å². The maximum absolute atomic E-state index is 9.52. The Morgan fingerprint density at radius 2 is 1.76 bits per heavy atom. The van der Waals surface area contributed by atoms with Crippen molar-refractivity contribution >= 4 is 32.8 Å². The molecule has 0 atom stereocenters. The van der Waals surface area contributed by atoms with Gasteiger partial charge < -0.3 is 9.55 Å². The van der Waals surface area contributed by atoms with Crippen LogP contribution in [0.15, 0.2) is 78.2 Å². The molecule has 2 aromatic carbocycles. The summed E-state index contributed by atoms with van der Waals surface area (Å²) < 4.78 is 3.78. The first kappa shape index (κ1) is 22.3. The predicted octanol–water partition coefficient (Wildman–Crippen LogP) is 5.24. The first-order valence-corrected chi connectivity index (χ1v) is 11.8. The number of aromatic nitrogens is 5. The number of aryl methyl sites for hydroxylation is 1. The summed E-state index contributed by atoms with van der Waals surface area (Å²) in [5.41, 5.74) is 6.90. The van der Waals surface area contributed by atoms with Crippen molar-refractivity contribution in [2.24, 2.45) is 12.0 Å². The number of aromatic amines is 1. The fraction of sp³-hybridized carbons (Fsp3) is 0.138. The molecular weight excluding hydrogens is 460 g/mol. The van der Waals surface area contributed by atoms with Crippen molar-refractivity contribution in [2.45, 2.75) is 19.3 Å². The molecule has 6 rings (SSSR count). The largest absolute Gasteiger partial charge is 0.361 e. The molecule has 0 bridgehead atoms. The summed E-state index contributed by atoms with van der Waals surface area (Å²) in [6, 6.07) is 20.7. The smallest absolute Gasteiger partial charge is 0.226 e. The lowest BCUT2D eigenvalue weighted by atomic mass is 9.91. The molecule has 4 aromatic heterocycles. The molecule has 0 spiro atoms. The molecule has 6 aromatic rings. The van der Waals surface area contributed by atoms with E-state index in [9.17, 15) is 10.5 Å². The summed E-state index contributed by atoms with van der Waals surface area (Å²) in [7, 11) is 1.87. The number of rotatable bonds is 3. The molecule has 178 valence electrons. The Morgan fingerprint density at radius 1 is 0.946 bits per heavy atom. The topological polar surface area (TPSA) is 111 Å². The molecule has 0 saturated carbocycles. The van der Waals surface area contributed by atoms with Gasteiger partial charge in [-0.25, -0.2) is 0 Å². The normalized spacial score (nSPS) is 12.3. The van der Waals surface area contributed by atoms with Crippen molar-refractivity contribution < 1.29 is 0 Å². The SMILES string of the molecule is Cn1/c(=N/C#N)n(-c2ccc(C(C)(C)C#N)nc2)c2c3cc(-c4ccc5cc[nH]c5c4)ccc3ncc21. The maximum Gasteiger partial charge on any atom is 0.226 e. The molecule has 0 fully saturated rings. The zero-order valence-corrected chi connectivity index (χ0v) is 20.6. The Kier molecular flexibility index (Phi) is 4.92. The molecule has 8 heteroatoms. The number of nitrogens with one attached hydrogen (secondary N) is 1. The van der Waals surface area contributed by atoms with E-state index in [0.717, 1.165) is 49.7 Å². The Morgan fingerprint density at radius 3 is 2.51 bits per heavy atom. The number of imidazole rings is 1. The van der Waals surface area contributed by atoms with Gasteiger partial charge in [0.05, 0.1) is 51.8 Å². The molecule has 0 aliphatic rings. The van der Waals surface area contributed by atoms with Gasteiger partial charge in [-0.2, -0.15) is 10.5 Å². The summed E-state index contributed by atoms with van der Waals surface area (Å²) in [6.45, 7) is 3.67. The zero-order chi connectivity index (χ0) is 25.7. The van der Waals surface area contributed by atoms with E-state index >= 15 is 0 Å². The van der Waals surface area contributed by atoms with Gasteiger partial charge >= 0.3 is 0 Å². The molecule has 0 aliphatic carbocycles. The van der Waals surface area contributed by atoms with Crippen molar-refractivity contribution in [1.82, 2.24) is 24.1 Å². The number of nitriles is 2. The molecule has 4 heterocycles. The van der Waals surface area contributed by atoms with Gasteiger partial charge in [0.1, 0.15) is 0 Å². The van der Waals surface area contributed by atoms with Crippen LogP contribution in [0.4, 0.5) is 0 Å². The van der Waals surface area contributed by atoms with Gasteiger partial charge in [-0.05, 0) is 66.8 Å². The van der Waals surface area contributed by atoms with E-state index in [1.165, 1.54) is 0 Å². The quantitative estimate of drug-likeness (QED) is 0.348. The summed E-state index contributed by atoms with van der Waals surface area (Å²) in [5.74, 6) is 0. The Hall–Kier alpha value is -5.21. The van der Waals surface area contributed by atoms with Gasteiger partial charge in [-0.15, -0.1) is 4.99 Å². The first-order valence-electron chi connectivity index (χ1n) is 11.8. The summed E-state index contributed by atoms with van der Waals surface area (Å²) in [4.78, 5) is 16.7. The summed E-state index contributed by atoms with van der Waals surface area (Å²) >= 11 is 0. The zero-order valence-electron chi connectivity index (χ0n) is 20.6. The van der Waals surface area contributed by atoms with E-state index in [0.29, 0.717) is 11.3 Å². The molecular formula is C29H22N8. The monoisotopic (exact) mass is 482 g/mol. The Balaban J connectivity index is 1.65. The highest BCUT2D eigenvalue weighted by Crippen LogP contribution is 2.31. The van der Waals surface area contributed by atoms with Crippen molar-refractivity contribution in [1.29, 1.82) is 10.5 Å². The molecule has 0 amide bonds. The molecule has 8 nitrogen and oxygen atoms in total. The number of hydrogen-bond donors (Lipinski definition) is 1. The summed E-state index contributed by atoms with van der Waals surface area (Å²) in [5, 5.41) is 21.1. The lowest BCUT2D eigenvalue weighted by molar-refractivity contribution is 0.658. The molecule has 1 N–H and O–H groups in total. The van der Waals surface area contributed by atoms with E-state index in [4.69, 9.17) is 4.98 Å². The average Bonchev–Trinajstić information content (AvgIpc) is 3.51. The van der Waals surface area contributed by atoms with Gasteiger partial charge in [-0.3, -0.25) is 14.5 Å². The Labute approximate surface area is 212 Å². The highest BCUT2D eigenvalue weighted by molar-refractivity contribution is 6.05. The van der Waals surface area contributed by atoms with Crippen LogP contribution in [0.3, 0.4) is 0 Å². The van der Waals surface area contributed by atoms with Crippen molar-refractivity contribution in [3.63, 3.8) is 0 Å². The van der Waals surface area contributed by atoms with Crippen LogP contribution in [0.1, 0.15) is 19.5 Å².